The van der Waals surface area contributed by atoms with Crippen molar-refractivity contribution < 1.29 is 4.79 Å². The predicted octanol–water partition coefficient (Wildman–Crippen LogP) is 2.11. The van der Waals surface area contributed by atoms with E-state index in [1.165, 1.54) is 6.20 Å². The maximum atomic E-state index is 11.5. The molecule has 1 aromatic rings. The largest absolute Gasteiger partial charge is 0.294 e. The van der Waals surface area contributed by atoms with Gasteiger partial charge in [0.25, 0.3) is 0 Å². The molecule has 0 atom stereocenters. The molecule has 1 aromatic heterocycles. The van der Waals surface area contributed by atoms with Gasteiger partial charge in [-0.2, -0.15) is 5.26 Å². The number of rotatable bonds is 3. The summed E-state index contributed by atoms with van der Waals surface area (Å²) in [6, 6.07) is 3.61. The number of aromatic nitrogens is 1. The molecule has 0 radical (unpaired) electrons. The first kappa shape index (κ1) is 10.4. The van der Waals surface area contributed by atoms with Gasteiger partial charge in [-0.15, -0.1) is 0 Å². The zero-order valence-electron chi connectivity index (χ0n) is 8.37. The molecule has 1 heterocycles. The average Bonchev–Trinajstić information content (AvgIpc) is 2.27. The van der Waals surface area contributed by atoms with Crippen molar-refractivity contribution in [2.45, 2.75) is 26.7 Å². The number of pyridine rings is 1. The summed E-state index contributed by atoms with van der Waals surface area (Å²) < 4.78 is 0. The van der Waals surface area contributed by atoms with E-state index in [1.54, 1.807) is 13.0 Å². The van der Waals surface area contributed by atoms with E-state index in [-0.39, 0.29) is 5.78 Å². The molecular formula is C11H12N2O. The number of nitrogens with zero attached hydrogens (tertiary/aromatic N) is 2. The van der Waals surface area contributed by atoms with Crippen LogP contribution in [0.2, 0.25) is 0 Å². The number of ketones is 1. The van der Waals surface area contributed by atoms with Crippen molar-refractivity contribution in [1.29, 1.82) is 5.26 Å². The molecule has 0 saturated carbocycles. The number of aryl methyl sites for hydroxylation is 1. The van der Waals surface area contributed by atoms with Crippen LogP contribution in [0.5, 0.6) is 0 Å². The Morgan fingerprint density at radius 3 is 2.79 bits per heavy atom. The first-order chi connectivity index (χ1) is 6.72. The Morgan fingerprint density at radius 2 is 2.29 bits per heavy atom. The molecule has 72 valence electrons. The highest BCUT2D eigenvalue weighted by atomic mass is 16.1. The summed E-state index contributed by atoms with van der Waals surface area (Å²) >= 11 is 0. The van der Waals surface area contributed by atoms with E-state index in [2.05, 4.69) is 4.98 Å². The van der Waals surface area contributed by atoms with Crippen molar-refractivity contribution >= 4 is 5.78 Å². The Kier molecular flexibility index (Phi) is 3.35. The first-order valence-electron chi connectivity index (χ1n) is 4.65. The molecule has 0 unspecified atom stereocenters. The Hall–Kier alpha value is -1.69. The van der Waals surface area contributed by atoms with Crippen molar-refractivity contribution in [1.82, 2.24) is 4.98 Å². The summed E-state index contributed by atoms with van der Waals surface area (Å²) in [5.41, 5.74) is 1.81. The summed E-state index contributed by atoms with van der Waals surface area (Å²) in [4.78, 5) is 15.6. The van der Waals surface area contributed by atoms with Crippen LogP contribution >= 0.6 is 0 Å². The molecule has 0 spiro atoms. The van der Waals surface area contributed by atoms with Crippen molar-refractivity contribution in [2.24, 2.45) is 0 Å². The fourth-order valence-electron chi connectivity index (χ4n) is 1.27. The number of hydrogen-bond acceptors (Lipinski definition) is 3. The van der Waals surface area contributed by atoms with Gasteiger partial charge >= 0.3 is 0 Å². The Morgan fingerprint density at radius 1 is 1.57 bits per heavy atom. The molecule has 0 saturated heterocycles. The summed E-state index contributed by atoms with van der Waals surface area (Å²) in [5, 5.41) is 8.68. The highest BCUT2D eigenvalue weighted by molar-refractivity contribution is 5.97. The molecule has 3 heteroatoms. The molecular weight excluding hydrogens is 176 g/mol. The van der Waals surface area contributed by atoms with Gasteiger partial charge in [0.05, 0.1) is 11.3 Å². The third-order valence-corrected chi connectivity index (χ3v) is 2.06. The third-order valence-electron chi connectivity index (χ3n) is 2.06. The minimum absolute atomic E-state index is 0.0476. The minimum atomic E-state index is 0.0476. The van der Waals surface area contributed by atoms with Crippen molar-refractivity contribution in [3.8, 4) is 6.07 Å². The Bertz CT molecular complexity index is 391. The van der Waals surface area contributed by atoms with Gasteiger partial charge in [-0.3, -0.25) is 9.78 Å². The maximum absolute atomic E-state index is 11.5. The number of hydrogen-bond donors (Lipinski definition) is 0. The van der Waals surface area contributed by atoms with E-state index < -0.39 is 0 Å². The fourth-order valence-corrected chi connectivity index (χ4v) is 1.27. The van der Waals surface area contributed by atoms with Gasteiger partial charge in [0, 0.05) is 18.2 Å². The minimum Gasteiger partial charge on any atom is -0.294 e. The smallest absolute Gasteiger partial charge is 0.164 e. The average molecular weight is 188 g/mol. The molecule has 0 aliphatic heterocycles. The van der Waals surface area contributed by atoms with Crippen LogP contribution in [0.3, 0.4) is 0 Å². The van der Waals surface area contributed by atoms with E-state index in [1.807, 2.05) is 13.0 Å². The number of Topliss-reactive ketones (excluding diaryl/α,β-unsaturated/α-hetero) is 1. The molecule has 0 aliphatic rings. The van der Waals surface area contributed by atoms with E-state index in [0.717, 1.165) is 5.69 Å². The summed E-state index contributed by atoms with van der Waals surface area (Å²) in [6.07, 6.45) is 2.67. The molecule has 1 rings (SSSR count). The van der Waals surface area contributed by atoms with Crippen LogP contribution in [0, 0.1) is 11.3 Å². The van der Waals surface area contributed by atoms with Crippen LogP contribution in [-0.2, 0) is 6.42 Å². The molecule has 0 bridgehead atoms. The monoisotopic (exact) mass is 188 g/mol. The van der Waals surface area contributed by atoms with Gasteiger partial charge in [0.15, 0.2) is 5.78 Å². The number of nitriles is 1. The topological polar surface area (TPSA) is 53.8 Å². The van der Waals surface area contributed by atoms with Gasteiger partial charge in [-0.25, -0.2) is 0 Å². The molecule has 0 amide bonds. The summed E-state index contributed by atoms with van der Waals surface area (Å²) in [5.74, 6) is 0.0476. The molecule has 0 N–H and O–H groups in total. The zero-order valence-corrected chi connectivity index (χ0v) is 8.37. The second kappa shape index (κ2) is 4.52. The maximum Gasteiger partial charge on any atom is 0.164 e. The molecule has 3 nitrogen and oxygen atoms in total. The highest BCUT2D eigenvalue weighted by Crippen LogP contribution is 2.11. The summed E-state index contributed by atoms with van der Waals surface area (Å²) in [7, 11) is 0. The molecule has 0 fully saturated rings. The lowest BCUT2D eigenvalue weighted by Crippen LogP contribution is -2.04. The van der Waals surface area contributed by atoms with Crippen molar-refractivity contribution in [3.63, 3.8) is 0 Å². The van der Waals surface area contributed by atoms with Gasteiger partial charge in [0.2, 0.25) is 0 Å². The second-order valence-electron chi connectivity index (χ2n) is 2.96. The van der Waals surface area contributed by atoms with Crippen LogP contribution < -0.4 is 0 Å². The van der Waals surface area contributed by atoms with Crippen LogP contribution in [0.15, 0.2) is 12.3 Å². The van der Waals surface area contributed by atoms with Crippen molar-refractivity contribution in [2.75, 3.05) is 0 Å². The summed E-state index contributed by atoms with van der Waals surface area (Å²) in [6.45, 7) is 3.75. The van der Waals surface area contributed by atoms with E-state index >= 15 is 0 Å². The fraction of sp³-hybridized carbons (Fsp3) is 0.364. The van der Waals surface area contributed by atoms with E-state index in [4.69, 9.17) is 5.26 Å². The van der Waals surface area contributed by atoms with Gasteiger partial charge in [-0.1, -0.05) is 13.8 Å². The lowest BCUT2D eigenvalue weighted by atomic mass is 10.0. The van der Waals surface area contributed by atoms with Crippen LogP contribution in [0.25, 0.3) is 0 Å². The van der Waals surface area contributed by atoms with Gasteiger partial charge in [0.1, 0.15) is 6.07 Å². The zero-order chi connectivity index (χ0) is 10.6. The third kappa shape index (κ3) is 1.97. The van der Waals surface area contributed by atoms with Gasteiger partial charge < -0.3 is 0 Å². The lowest BCUT2D eigenvalue weighted by Gasteiger charge is -2.04. The molecule has 14 heavy (non-hydrogen) atoms. The predicted molar refractivity (Wildman–Crippen MR) is 53.0 cm³/mol. The lowest BCUT2D eigenvalue weighted by molar-refractivity contribution is 0.0987. The van der Waals surface area contributed by atoms with E-state index in [0.29, 0.717) is 24.0 Å². The normalized spacial score (nSPS) is 9.50. The van der Waals surface area contributed by atoms with Crippen LogP contribution in [0.4, 0.5) is 0 Å². The standard InChI is InChI=1S/C11H12N2O/c1-3-10-9(11(14)4-2)5-8(6-12)7-13-10/h5,7H,3-4H2,1-2H3. The van der Waals surface area contributed by atoms with Crippen LogP contribution in [-0.4, -0.2) is 10.8 Å². The second-order valence-corrected chi connectivity index (χ2v) is 2.96. The van der Waals surface area contributed by atoms with Crippen LogP contribution in [0.1, 0.15) is 41.9 Å². The first-order valence-corrected chi connectivity index (χ1v) is 4.65. The number of carbonyl (C=O) groups excluding carboxylic acids is 1. The Balaban J connectivity index is 3.23. The van der Waals surface area contributed by atoms with Gasteiger partial charge in [-0.05, 0) is 12.5 Å². The highest BCUT2D eigenvalue weighted by Gasteiger charge is 2.10. The number of carbonyl (C=O) groups is 1. The Labute approximate surface area is 83.4 Å². The van der Waals surface area contributed by atoms with E-state index in [9.17, 15) is 4.79 Å². The van der Waals surface area contributed by atoms with Crippen molar-refractivity contribution in [3.05, 3.63) is 29.1 Å². The molecule has 0 aliphatic carbocycles. The molecule has 0 aromatic carbocycles. The quantitative estimate of drug-likeness (QED) is 0.682. The SMILES string of the molecule is CCC(=O)c1cc(C#N)cnc1CC.